The van der Waals surface area contributed by atoms with Crippen LogP contribution in [0.1, 0.15) is 15.9 Å². The Hall–Kier alpha value is -2.38. The first kappa shape index (κ1) is 16.0. The predicted molar refractivity (Wildman–Crippen MR) is 84.2 cm³/mol. The maximum absolute atomic E-state index is 12.1. The number of carbonyl (C=O) groups is 1. The Balaban J connectivity index is 2.05. The number of anilines is 1. The van der Waals surface area contributed by atoms with Crippen LogP contribution in [-0.2, 0) is 15.8 Å². The fourth-order valence-corrected chi connectivity index (χ4v) is 2.52. The second kappa shape index (κ2) is 6.59. The van der Waals surface area contributed by atoms with E-state index < -0.39 is 10.0 Å². The third kappa shape index (κ3) is 4.57. The first-order valence-corrected chi connectivity index (χ1v) is 8.14. The number of amides is 1. The molecule has 0 radical (unpaired) electrons. The monoisotopic (exact) mass is 320 g/mol. The molecule has 6 nitrogen and oxygen atoms in total. The second-order valence-electron chi connectivity index (χ2n) is 4.69. The first-order chi connectivity index (χ1) is 10.4. The molecule has 2 aromatic rings. The second-order valence-corrected chi connectivity index (χ2v) is 6.30. The van der Waals surface area contributed by atoms with E-state index in [-0.39, 0.29) is 11.7 Å². The van der Waals surface area contributed by atoms with E-state index in [1.165, 1.54) is 0 Å². The maximum atomic E-state index is 12.1. The van der Waals surface area contributed by atoms with E-state index in [9.17, 15) is 13.2 Å². The number of sulfonamides is 1. The lowest BCUT2D eigenvalue weighted by atomic mass is 10.2. The molecule has 0 fully saturated rings. The molecule has 0 atom stereocenters. The average molecular weight is 320 g/mol. The Morgan fingerprint density at radius 2 is 1.68 bits per heavy atom. The molecule has 0 aliphatic carbocycles. The Labute approximate surface area is 129 Å². The van der Waals surface area contributed by atoms with Crippen LogP contribution in [0.2, 0.25) is 0 Å². The minimum atomic E-state index is -3.56. The lowest BCUT2D eigenvalue weighted by Gasteiger charge is -2.07. The Bertz CT molecular complexity index is 753. The highest BCUT2D eigenvalue weighted by molar-refractivity contribution is 7.88. The van der Waals surface area contributed by atoms with Gasteiger partial charge in [0.25, 0.3) is 5.91 Å². The fourth-order valence-electron chi connectivity index (χ4n) is 1.86. The molecule has 0 heterocycles. The van der Waals surface area contributed by atoms with Gasteiger partial charge in [0.2, 0.25) is 10.0 Å². The van der Waals surface area contributed by atoms with Gasteiger partial charge >= 0.3 is 0 Å². The first-order valence-electron chi connectivity index (χ1n) is 6.42. The summed E-state index contributed by atoms with van der Waals surface area (Å²) in [5, 5.41) is 7.70. The highest BCUT2D eigenvalue weighted by Crippen LogP contribution is 2.15. The van der Waals surface area contributed by atoms with Crippen molar-refractivity contribution in [2.75, 3.05) is 12.4 Å². The summed E-state index contributed by atoms with van der Waals surface area (Å²) in [7, 11) is -2.01. The Morgan fingerprint density at radius 1 is 1.09 bits per heavy atom. The number of methoxy groups -OCH3 is 1. The number of primary sulfonamides is 1. The quantitative estimate of drug-likeness (QED) is 0.876. The molecule has 22 heavy (non-hydrogen) atoms. The molecule has 1 amide bonds. The molecule has 0 bridgehead atoms. The van der Waals surface area contributed by atoms with Crippen LogP contribution in [0.4, 0.5) is 5.69 Å². The molecule has 2 rings (SSSR count). The summed E-state index contributed by atoms with van der Waals surface area (Å²) in [6.07, 6.45) is 0. The van der Waals surface area contributed by atoms with Crippen LogP contribution in [-0.4, -0.2) is 21.4 Å². The van der Waals surface area contributed by atoms with E-state index in [1.54, 1.807) is 55.6 Å². The van der Waals surface area contributed by atoms with Crippen LogP contribution in [0.5, 0.6) is 5.75 Å². The predicted octanol–water partition coefficient (Wildman–Crippen LogP) is 1.74. The maximum Gasteiger partial charge on any atom is 0.255 e. The van der Waals surface area contributed by atoms with E-state index in [0.29, 0.717) is 22.6 Å². The number of hydrogen-bond donors (Lipinski definition) is 2. The molecule has 3 N–H and O–H groups in total. The average Bonchev–Trinajstić information content (AvgIpc) is 2.48. The zero-order valence-electron chi connectivity index (χ0n) is 11.9. The molecule has 0 aliphatic heterocycles. The minimum Gasteiger partial charge on any atom is -0.497 e. The van der Waals surface area contributed by atoms with E-state index in [2.05, 4.69) is 5.32 Å². The molecule has 0 spiro atoms. The van der Waals surface area contributed by atoms with E-state index in [4.69, 9.17) is 9.88 Å². The van der Waals surface area contributed by atoms with Crippen molar-refractivity contribution < 1.29 is 17.9 Å². The van der Waals surface area contributed by atoms with Gasteiger partial charge in [-0.05, 0) is 42.0 Å². The third-order valence-electron chi connectivity index (χ3n) is 2.93. The van der Waals surface area contributed by atoms with Gasteiger partial charge in [-0.1, -0.05) is 12.1 Å². The standard InChI is InChI=1S/C15H16N2O4S/c1-21-14-8-4-12(5-9-14)15(18)17-13-6-2-11(3-7-13)10-22(16,19)20/h2-9H,10H2,1H3,(H,17,18)(H2,16,19,20). The summed E-state index contributed by atoms with van der Waals surface area (Å²) >= 11 is 0. The largest absolute Gasteiger partial charge is 0.497 e. The Morgan fingerprint density at radius 3 is 2.18 bits per heavy atom. The van der Waals surface area contributed by atoms with Crippen molar-refractivity contribution in [2.45, 2.75) is 5.75 Å². The summed E-state index contributed by atoms with van der Waals surface area (Å²) in [6.45, 7) is 0. The minimum absolute atomic E-state index is 0.236. The number of ether oxygens (including phenoxy) is 1. The third-order valence-corrected chi connectivity index (χ3v) is 3.67. The normalized spacial score (nSPS) is 11.0. The van der Waals surface area contributed by atoms with Crippen molar-refractivity contribution in [1.29, 1.82) is 0 Å². The van der Waals surface area contributed by atoms with Gasteiger partial charge in [0.1, 0.15) is 5.75 Å². The van der Waals surface area contributed by atoms with Crippen molar-refractivity contribution >= 4 is 21.6 Å². The molecular weight excluding hydrogens is 304 g/mol. The van der Waals surface area contributed by atoms with E-state index in [1.807, 2.05) is 0 Å². The SMILES string of the molecule is COc1ccc(C(=O)Nc2ccc(CS(N)(=O)=O)cc2)cc1. The number of nitrogens with two attached hydrogens (primary N) is 1. The van der Waals surface area contributed by atoms with Crippen LogP contribution in [0.3, 0.4) is 0 Å². The van der Waals surface area contributed by atoms with Crippen molar-refractivity contribution in [3.63, 3.8) is 0 Å². The molecular formula is C15H16N2O4S. The van der Waals surface area contributed by atoms with E-state index >= 15 is 0 Å². The summed E-state index contributed by atoms with van der Waals surface area (Å²) in [6, 6.07) is 13.2. The van der Waals surface area contributed by atoms with Gasteiger partial charge in [-0.25, -0.2) is 13.6 Å². The lowest BCUT2D eigenvalue weighted by molar-refractivity contribution is 0.102. The summed E-state index contributed by atoms with van der Waals surface area (Å²) in [4.78, 5) is 12.1. The zero-order valence-corrected chi connectivity index (χ0v) is 12.8. The smallest absolute Gasteiger partial charge is 0.255 e. The molecule has 0 aromatic heterocycles. The number of nitrogens with one attached hydrogen (secondary N) is 1. The van der Waals surface area contributed by atoms with Crippen LogP contribution in [0.15, 0.2) is 48.5 Å². The molecule has 0 unspecified atom stereocenters. The van der Waals surface area contributed by atoms with Gasteiger partial charge in [-0.3, -0.25) is 4.79 Å². The number of rotatable bonds is 5. The van der Waals surface area contributed by atoms with Gasteiger partial charge in [-0.2, -0.15) is 0 Å². The molecule has 2 aromatic carbocycles. The topological polar surface area (TPSA) is 98.5 Å². The van der Waals surface area contributed by atoms with Crippen LogP contribution in [0.25, 0.3) is 0 Å². The lowest BCUT2D eigenvalue weighted by Crippen LogP contribution is -2.15. The van der Waals surface area contributed by atoms with Crippen molar-refractivity contribution in [1.82, 2.24) is 0 Å². The number of benzene rings is 2. The van der Waals surface area contributed by atoms with Gasteiger partial charge in [0, 0.05) is 11.3 Å². The highest BCUT2D eigenvalue weighted by Gasteiger charge is 2.08. The van der Waals surface area contributed by atoms with Crippen LogP contribution >= 0.6 is 0 Å². The molecule has 116 valence electrons. The highest BCUT2D eigenvalue weighted by atomic mass is 32.2. The Kier molecular flexibility index (Phi) is 4.79. The fraction of sp³-hybridized carbons (Fsp3) is 0.133. The summed E-state index contributed by atoms with van der Waals surface area (Å²) < 4.78 is 27.0. The van der Waals surface area contributed by atoms with Crippen molar-refractivity contribution in [3.05, 3.63) is 59.7 Å². The van der Waals surface area contributed by atoms with Gasteiger partial charge < -0.3 is 10.1 Å². The molecule has 0 aliphatic rings. The van der Waals surface area contributed by atoms with Gasteiger partial charge in [0.15, 0.2) is 0 Å². The zero-order chi connectivity index (χ0) is 16.2. The number of hydrogen-bond acceptors (Lipinski definition) is 4. The van der Waals surface area contributed by atoms with E-state index in [0.717, 1.165) is 0 Å². The molecule has 7 heteroatoms. The molecule has 0 saturated carbocycles. The van der Waals surface area contributed by atoms with Crippen LogP contribution < -0.4 is 15.2 Å². The number of carbonyl (C=O) groups excluding carboxylic acids is 1. The van der Waals surface area contributed by atoms with Crippen molar-refractivity contribution in [2.24, 2.45) is 5.14 Å². The van der Waals surface area contributed by atoms with Crippen molar-refractivity contribution in [3.8, 4) is 5.75 Å². The summed E-state index contributed by atoms with van der Waals surface area (Å²) in [5.41, 5.74) is 1.62. The van der Waals surface area contributed by atoms with Crippen LogP contribution in [0, 0.1) is 0 Å². The van der Waals surface area contributed by atoms with Gasteiger partial charge in [-0.15, -0.1) is 0 Å². The van der Waals surface area contributed by atoms with Gasteiger partial charge in [0.05, 0.1) is 12.9 Å². The summed E-state index contributed by atoms with van der Waals surface area (Å²) in [5.74, 6) is 0.172. The molecule has 0 saturated heterocycles.